The van der Waals surface area contributed by atoms with Gasteiger partial charge in [0, 0.05) is 4.47 Å². The lowest BCUT2D eigenvalue weighted by Crippen LogP contribution is -1.83. The molecule has 1 aromatic rings. The first-order valence-electron chi connectivity index (χ1n) is 2.96. The number of nitrogens with zero attached hydrogens (tertiary/aromatic N) is 1. The predicted molar refractivity (Wildman–Crippen MR) is 48.5 cm³/mol. The van der Waals surface area contributed by atoms with Crippen molar-refractivity contribution in [2.75, 3.05) is 0 Å². The average molecular weight is 234 g/mol. The second kappa shape index (κ2) is 3.83. The summed E-state index contributed by atoms with van der Waals surface area (Å²) in [6, 6.07) is 7.18. The highest BCUT2D eigenvalue weighted by atomic mass is 79.9. The first-order chi connectivity index (χ1) is 5.24. The fraction of sp³-hybridized carbons (Fsp3) is 0.143. The molecule has 11 heavy (non-hydrogen) atoms. The number of rotatable bonds is 2. The van der Waals surface area contributed by atoms with E-state index in [-0.39, 0.29) is 0 Å². The third kappa shape index (κ3) is 2.27. The van der Waals surface area contributed by atoms with Gasteiger partial charge >= 0.3 is 0 Å². The van der Waals surface area contributed by atoms with Gasteiger partial charge in [-0.25, -0.2) is 0 Å². The van der Waals surface area contributed by atoms with Gasteiger partial charge in [-0.2, -0.15) is 0 Å². The van der Waals surface area contributed by atoms with Gasteiger partial charge in [0.25, 0.3) is 0 Å². The Hall–Kier alpha value is -0.410. The van der Waals surface area contributed by atoms with Crippen molar-refractivity contribution in [1.29, 1.82) is 0 Å². The molecule has 0 fully saturated rings. The summed E-state index contributed by atoms with van der Waals surface area (Å²) in [6.45, 7) is 0. The SMILES string of the molecule is O=NC(Cl)c1cccc(Br)c1. The van der Waals surface area contributed by atoms with Crippen LogP contribution in [0.25, 0.3) is 0 Å². The van der Waals surface area contributed by atoms with Crippen molar-refractivity contribution in [3.8, 4) is 0 Å². The van der Waals surface area contributed by atoms with E-state index in [0.29, 0.717) is 5.56 Å². The molecule has 0 radical (unpaired) electrons. The summed E-state index contributed by atoms with van der Waals surface area (Å²) in [4.78, 5) is 10.0. The summed E-state index contributed by atoms with van der Waals surface area (Å²) in [6.07, 6.45) is 0. The van der Waals surface area contributed by atoms with Crippen molar-refractivity contribution in [3.05, 3.63) is 39.2 Å². The molecule has 0 N–H and O–H groups in total. The maximum atomic E-state index is 10.0. The highest BCUT2D eigenvalue weighted by Gasteiger charge is 2.05. The van der Waals surface area contributed by atoms with Crippen molar-refractivity contribution in [2.24, 2.45) is 5.18 Å². The summed E-state index contributed by atoms with van der Waals surface area (Å²) >= 11 is 8.82. The van der Waals surface area contributed by atoms with Crippen LogP contribution in [-0.4, -0.2) is 0 Å². The van der Waals surface area contributed by atoms with E-state index in [4.69, 9.17) is 11.6 Å². The van der Waals surface area contributed by atoms with E-state index in [0.717, 1.165) is 4.47 Å². The largest absolute Gasteiger partial charge is 0.190 e. The molecule has 4 heteroatoms. The quantitative estimate of drug-likeness (QED) is 0.438. The van der Waals surface area contributed by atoms with E-state index in [1.165, 1.54) is 0 Å². The Morgan fingerprint density at radius 1 is 1.55 bits per heavy atom. The summed E-state index contributed by atoms with van der Waals surface area (Å²) in [5.74, 6) is 0. The van der Waals surface area contributed by atoms with Crippen molar-refractivity contribution in [2.45, 2.75) is 5.50 Å². The number of hydrogen-bond acceptors (Lipinski definition) is 2. The minimum absolute atomic E-state index is 0.705. The lowest BCUT2D eigenvalue weighted by Gasteiger charge is -1.99. The summed E-state index contributed by atoms with van der Waals surface area (Å²) < 4.78 is 0.893. The molecular weight excluding hydrogens is 229 g/mol. The van der Waals surface area contributed by atoms with Gasteiger partial charge in [-0.05, 0) is 22.9 Å². The van der Waals surface area contributed by atoms with Crippen LogP contribution in [0.15, 0.2) is 33.9 Å². The van der Waals surface area contributed by atoms with Crippen molar-refractivity contribution in [1.82, 2.24) is 0 Å². The molecular formula is C7H5BrClNO. The molecule has 1 aromatic carbocycles. The van der Waals surface area contributed by atoms with Crippen LogP contribution in [0.3, 0.4) is 0 Å². The molecule has 0 bridgehead atoms. The Morgan fingerprint density at radius 3 is 2.82 bits per heavy atom. The number of alkyl halides is 1. The monoisotopic (exact) mass is 233 g/mol. The molecule has 0 heterocycles. The van der Waals surface area contributed by atoms with Crippen LogP contribution in [0.2, 0.25) is 0 Å². The van der Waals surface area contributed by atoms with Gasteiger partial charge < -0.3 is 0 Å². The number of halogens is 2. The van der Waals surface area contributed by atoms with Gasteiger partial charge in [-0.3, -0.25) is 0 Å². The van der Waals surface area contributed by atoms with E-state index in [1.807, 2.05) is 6.07 Å². The van der Waals surface area contributed by atoms with E-state index < -0.39 is 5.50 Å². The third-order valence-corrected chi connectivity index (χ3v) is 2.04. The number of benzene rings is 1. The Kier molecular flexibility index (Phi) is 3.02. The minimum atomic E-state index is -0.785. The Morgan fingerprint density at radius 2 is 2.27 bits per heavy atom. The van der Waals surface area contributed by atoms with Gasteiger partial charge in [0.1, 0.15) is 0 Å². The zero-order valence-corrected chi connectivity index (χ0v) is 7.84. The summed E-state index contributed by atoms with van der Waals surface area (Å²) in [5.41, 5.74) is -0.0801. The Balaban J connectivity index is 2.95. The van der Waals surface area contributed by atoms with Gasteiger partial charge in [0.15, 0.2) is 5.50 Å². The smallest absolute Gasteiger partial charge is 0.149 e. The van der Waals surface area contributed by atoms with Crippen LogP contribution in [0, 0.1) is 4.91 Å². The molecule has 0 amide bonds. The topological polar surface area (TPSA) is 29.4 Å². The van der Waals surface area contributed by atoms with Crippen molar-refractivity contribution in [3.63, 3.8) is 0 Å². The summed E-state index contributed by atoms with van der Waals surface area (Å²) in [5, 5.41) is 2.69. The molecule has 0 aromatic heterocycles. The third-order valence-electron chi connectivity index (χ3n) is 1.22. The molecule has 1 rings (SSSR count). The molecule has 0 saturated carbocycles. The first-order valence-corrected chi connectivity index (χ1v) is 4.19. The van der Waals surface area contributed by atoms with Crippen LogP contribution in [0.4, 0.5) is 0 Å². The van der Waals surface area contributed by atoms with Crippen LogP contribution in [0.5, 0.6) is 0 Å². The second-order valence-corrected chi connectivity index (χ2v) is 3.33. The molecule has 2 nitrogen and oxygen atoms in total. The van der Waals surface area contributed by atoms with Crippen molar-refractivity contribution >= 4 is 27.5 Å². The van der Waals surface area contributed by atoms with Crippen LogP contribution in [-0.2, 0) is 0 Å². The van der Waals surface area contributed by atoms with Gasteiger partial charge in [0.05, 0.1) is 0 Å². The normalized spacial score (nSPS) is 12.5. The maximum absolute atomic E-state index is 10.0. The zero-order valence-electron chi connectivity index (χ0n) is 5.50. The lowest BCUT2D eigenvalue weighted by molar-refractivity contribution is 1.00. The van der Waals surface area contributed by atoms with Crippen molar-refractivity contribution < 1.29 is 0 Å². The van der Waals surface area contributed by atoms with Crippen LogP contribution < -0.4 is 0 Å². The molecule has 1 unspecified atom stereocenters. The molecule has 1 atom stereocenters. The van der Waals surface area contributed by atoms with E-state index in [2.05, 4.69) is 21.1 Å². The van der Waals surface area contributed by atoms with Gasteiger partial charge in [-0.1, -0.05) is 39.7 Å². The minimum Gasteiger partial charge on any atom is -0.149 e. The molecule has 0 saturated heterocycles. The van der Waals surface area contributed by atoms with Gasteiger partial charge in [0.2, 0.25) is 0 Å². The first kappa shape index (κ1) is 8.68. The molecule has 0 aliphatic rings. The Labute approximate surface area is 77.7 Å². The molecule has 58 valence electrons. The molecule has 0 spiro atoms. The Bertz CT molecular complexity index is 266. The van der Waals surface area contributed by atoms with E-state index in [9.17, 15) is 4.91 Å². The summed E-state index contributed by atoms with van der Waals surface area (Å²) in [7, 11) is 0. The fourth-order valence-corrected chi connectivity index (χ4v) is 1.27. The maximum Gasteiger partial charge on any atom is 0.190 e. The molecule has 0 aliphatic carbocycles. The van der Waals surface area contributed by atoms with Gasteiger partial charge in [-0.15, -0.1) is 4.91 Å². The number of nitroso groups, excluding NO2 is 1. The van der Waals surface area contributed by atoms with Crippen LogP contribution in [0.1, 0.15) is 11.1 Å². The highest BCUT2D eigenvalue weighted by Crippen LogP contribution is 2.23. The van der Waals surface area contributed by atoms with E-state index >= 15 is 0 Å². The predicted octanol–water partition coefficient (Wildman–Crippen LogP) is 3.45. The van der Waals surface area contributed by atoms with E-state index in [1.54, 1.807) is 18.2 Å². The second-order valence-electron chi connectivity index (χ2n) is 2.00. The molecule has 0 aliphatic heterocycles. The van der Waals surface area contributed by atoms with Crippen LogP contribution >= 0.6 is 27.5 Å². The zero-order chi connectivity index (χ0) is 8.27. The lowest BCUT2D eigenvalue weighted by atomic mass is 10.2. The standard InChI is InChI=1S/C7H5BrClNO/c8-6-3-1-2-5(4-6)7(9)10-11/h1-4,7H. The number of hydrogen-bond donors (Lipinski definition) is 0. The highest BCUT2D eigenvalue weighted by molar-refractivity contribution is 9.10. The average Bonchev–Trinajstić information content (AvgIpc) is 2.03. The fourth-order valence-electron chi connectivity index (χ4n) is 0.716.